The van der Waals surface area contributed by atoms with E-state index in [-0.39, 0.29) is 23.7 Å². The molecule has 1 saturated heterocycles. The van der Waals surface area contributed by atoms with Gasteiger partial charge in [-0.3, -0.25) is 0 Å². The summed E-state index contributed by atoms with van der Waals surface area (Å²) >= 11 is 5.92. The van der Waals surface area contributed by atoms with Gasteiger partial charge in [-0.1, -0.05) is 11.6 Å². The van der Waals surface area contributed by atoms with Crippen LogP contribution in [0.3, 0.4) is 0 Å². The van der Waals surface area contributed by atoms with E-state index in [9.17, 15) is 26.7 Å². The van der Waals surface area contributed by atoms with E-state index in [1.807, 2.05) is 0 Å². The number of aliphatic hydroxyl groups excluding tert-OH is 1. The number of nitrogens with zero attached hydrogens (tertiary/aromatic N) is 1. The molecule has 1 heterocycles. The number of hydrogen-bond donors (Lipinski definition) is 3. The van der Waals surface area contributed by atoms with Gasteiger partial charge in [0.25, 0.3) is 0 Å². The zero-order chi connectivity index (χ0) is 19.0. The predicted molar refractivity (Wildman–Crippen MR) is 89.8 cm³/mol. The van der Waals surface area contributed by atoms with Crippen LogP contribution in [0.1, 0.15) is 10.4 Å². The zero-order valence-corrected chi connectivity index (χ0v) is 15.3. The molecule has 0 spiro atoms. The Morgan fingerprint density at radius 1 is 1.36 bits per heavy atom. The lowest BCUT2D eigenvalue weighted by Gasteiger charge is -2.29. The molecule has 0 unspecified atom stereocenters. The van der Waals surface area contributed by atoms with Gasteiger partial charge in [0, 0.05) is 13.1 Å². The Labute approximate surface area is 150 Å². The van der Waals surface area contributed by atoms with E-state index >= 15 is 0 Å². The molecule has 140 valence electrons. The van der Waals surface area contributed by atoms with Gasteiger partial charge in [-0.05, 0) is 18.2 Å². The summed E-state index contributed by atoms with van der Waals surface area (Å²) in [5.74, 6) is -2.46. The summed E-state index contributed by atoms with van der Waals surface area (Å²) < 4.78 is 50.1. The van der Waals surface area contributed by atoms with Crippen molar-refractivity contribution in [1.29, 1.82) is 0 Å². The van der Waals surface area contributed by atoms with Gasteiger partial charge in [0.1, 0.15) is 4.90 Å². The van der Waals surface area contributed by atoms with Gasteiger partial charge in [0.05, 0.1) is 34.2 Å². The number of halogens is 1. The summed E-state index contributed by atoms with van der Waals surface area (Å²) in [6.07, 6.45) is -1.41. The first-order chi connectivity index (χ1) is 11.5. The molecular weight excluding hydrogens is 396 g/mol. The van der Waals surface area contributed by atoms with Gasteiger partial charge in [0.15, 0.2) is 9.84 Å². The van der Waals surface area contributed by atoms with Crippen LogP contribution in [0.4, 0.5) is 0 Å². The predicted octanol–water partition coefficient (Wildman–Crippen LogP) is -0.854. The van der Waals surface area contributed by atoms with Crippen molar-refractivity contribution in [1.82, 2.24) is 4.31 Å². The maximum Gasteiger partial charge on any atom is 0.335 e. The molecule has 0 aromatic heterocycles. The first-order valence-electron chi connectivity index (χ1n) is 7.13. The molecule has 0 amide bonds. The van der Waals surface area contributed by atoms with Crippen molar-refractivity contribution in [3.8, 4) is 0 Å². The molecule has 1 fully saturated rings. The number of hydrogen-bond acceptors (Lipinski definition) is 7. The van der Waals surface area contributed by atoms with Crippen LogP contribution in [0, 0.1) is 0 Å². The van der Waals surface area contributed by atoms with E-state index < -0.39 is 54.4 Å². The Kier molecular flexibility index (Phi) is 5.76. The summed E-state index contributed by atoms with van der Waals surface area (Å²) in [5.41, 5.74) is 5.14. The van der Waals surface area contributed by atoms with Crippen molar-refractivity contribution >= 4 is 37.4 Å². The number of sulfone groups is 1. The lowest BCUT2D eigenvalue weighted by atomic mass is 10.2. The maximum absolute atomic E-state index is 12.9. The van der Waals surface area contributed by atoms with Gasteiger partial charge in [-0.15, -0.1) is 0 Å². The number of aliphatic hydroxyl groups is 1. The van der Waals surface area contributed by atoms with Gasteiger partial charge in [-0.2, -0.15) is 4.31 Å². The zero-order valence-electron chi connectivity index (χ0n) is 12.9. The summed E-state index contributed by atoms with van der Waals surface area (Å²) in [6.45, 7) is -0.383. The summed E-state index contributed by atoms with van der Waals surface area (Å²) in [5, 5.41) is 18.8. The molecule has 4 N–H and O–H groups in total. The van der Waals surface area contributed by atoms with Crippen LogP contribution in [0.5, 0.6) is 0 Å². The van der Waals surface area contributed by atoms with Crippen molar-refractivity contribution in [2.75, 3.05) is 24.6 Å². The Bertz CT molecular complexity index is 886. The molecule has 9 nitrogen and oxygen atoms in total. The molecule has 0 bridgehead atoms. The maximum atomic E-state index is 12.9. The quantitative estimate of drug-likeness (QED) is 0.545. The Morgan fingerprint density at radius 2 is 2.00 bits per heavy atom. The highest BCUT2D eigenvalue weighted by molar-refractivity contribution is 7.92. The first-order valence-corrected chi connectivity index (χ1v) is 10.8. The molecule has 0 aliphatic carbocycles. The second-order valence-corrected chi connectivity index (χ2v) is 9.99. The van der Waals surface area contributed by atoms with Crippen LogP contribution >= 0.6 is 11.6 Å². The molecule has 2 atom stereocenters. The van der Waals surface area contributed by atoms with Crippen molar-refractivity contribution in [2.24, 2.45) is 5.73 Å². The lowest BCUT2D eigenvalue weighted by molar-refractivity contribution is 0.0696. The van der Waals surface area contributed by atoms with Crippen LogP contribution in [0.25, 0.3) is 0 Å². The molecular formula is C13H17ClN2O7S2. The minimum Gasteiger partial charge on any atom is -0.478 e. The second kappa shape index (κ2) is 7.17. The summed E-state index contributed by atoms with van der Waals surface area (Å²) in [7, 11) is -7.99. The highest BCUT2D eigenvalue weighted by Gasteiger charge is 2.44. The number of rotatable bonds is 6. The standard InChI is InChI=1S/C13H17ClN2O7S2/c14-9-2-1-8(13(18)19)5-12(9)25(22,23)16(4-3-15)10-6-24(20,21)7-11(10)17/h1-2,5,10-11,17H,3-4,6-7,15H2,(H,18,19)/t10-,11-/m0/s1. The summed E-state index contributed by atoms with van der Waals surface area (Å²) in [4.78, 5) is 10.6. The van der Waals surface area contributed by atoms with Gasteiger partial charge in [-0.25, -0.2) is 21.6 Å². The largest absolute Gasteiger partial charge is 0.478 e. The van der Waals surface area contributed by atoms with E-state index in [4.69, 9.17) is 22.4 Å². The monoisotopic (exact) mass is 412 g/mol. The smallest absolute Gasteiger partial charge is 0.335 e. The van der Waals surface area contributed by atoms with Crippen LogP contribution in [0.2, 0.25) is 5.02 Å². The van der Waals surface area contributed by atoms with Crippen molar-refractivity contribution in [2.45, 2.75) is 17.0 Å². The Hall–Kier alpha value is -1.24. The average molecular weight is 413 g/mol. The van der Waals surface area contributed by atoms with Crippen molar-refractivity contribution in [3.63, 3.8) is 0 Å². The fourth-order valence-corrected chi connectivity index (χ4v) is 6.70. The molecule has 2 rings (SSSR count). The molecule has 0 radical (unpaired) electrons. The van der Waals surface area contributed by atoms with Gasteiger partial charge >= 0.3 is 5.97 Å². The topological polar surface area (TPSA) is 155 Å². The molecule has 1 aromatic rings. The number of nitrogens with two attached hydrogens (primary N) is 1. The third-order valence-corrected chi connectivity index (χ3v) is 7.88. The third kappa shape index (κ3) is 4.13. The molecule has 25 heavy (non-hydrogen) atoms. The fourth-order valence-electron chi connectivity index (χ4n) is 2.64. The second-order valence-electron chi connectivity index (χ2n) is 5.57. The minimum absolute atomic E-state index is 0.126. The normalized spacial score (nSPS) is 23.0. The third-order valence-electron chi connectivity index (χ3n) is 3.78. The number of sulfonamides is 1. The Balaban J connectivity index is 2.54. The molecule has 12 heteroatoms. The number of aromatic carboxylic acids is 1. The number of benzene rings is 1. The van der Waals surface area contributed by atoms with Crippen LogP contribution < -0.4 is 5.73 Å². The van der Waals surface area contributed by atoms with Crippen LogP contribution in [0.15, 0.2) is 23.1 Å². The van der Waals surface area contributed by atoms with Crippen molar-refractivity contribution < 1.29 is 31.8 Å². The molecule has 1 aliphatic rings. The molecule has 0 saturated carbocycles. The van der Waals surface area contributed by atoms with E-state index in [0.717, 1.165) is 22.5 Å². The van der Waals surface area contributed by atoms with Gasteiger partial charge in [0.2, 0.25) is 10.0 Å². The summed E-state index contributed by atoms with van der Waals surface area (Å²) in [6, 6.07) is 1.94. The van der Waals surface area contributed by atoms with E-state index in [1.165, 1.54) is 0 Å². The fraction of sp³-hybridized carbons (Fsp3) is 0.462. The molecule has 1 aromatic carbocycles. The minimum atomic E-state index is -4.38. The van der Waals surface area contributed by atoms with Crippen LogP contribution in [-0.4, -0.2) is 74.1 Å². The van der Waals surface area contributed by atoms with Gasteiger partial charge < -0.3 is 15.9 Å². The molecule has 1 aliphatic heterocycles. The number of carboxylic acid groups (broad SMARTS) is 1. The van der Waals surface area contributed by atoms with Crippen molar-refractivity contribution in [3.05, 3.63) is 28.8 Å². The average Bonchev–Trinajstić information content (AvgIpc) is 2.77. The van der Waals surface area contributed by atoms with E-state index in [2.05, 4.69) is 0 Å². The SMILES string of the molecule is NCCN([C@H]1CS(=O)(=O)C[C@@H]1O)S(=O)(=O)c1cc(C(=O)O)ccc1Cl. The van der Waals surface area contributed by atoms with E-state index in [1.54, 1.807) is 0 Å². The van der Waals surface area contributed by atoms with Crippen LogP contribution in [-0.2, 0) is 19.9 Å². The first kappa shape index (κ1) is 20.1. The lowest BCUT2D eigenvalue weighted by Crippen LogP contribution is -2.48. The number of carbonyl (C=O) groups is 1. The highest BCUT2D eigenvalue weighted by Crippen LogP contribution is 2.30. The number of carboxylic acids is 1. The van der Waals surface area contributed by atoms with E-state index in [0.29, 0.717) is 0 Å². The Morgan fingerprint density at radius 3 is 2.48 bits per heavy atom. The highest BCUT2D eigenvalue weighted by atomic mass is 35.5.